The van der Waals surface area contributed by atoms with Crippen molar-refractivity contribution in [1.82, 2.24) is 4.90 Å². The largest absolute Gasteiger partial charge is 0.491 e. The van der Waals surface area contributed by atoms with Crippen LogP contribution in [0.5, 0.6) is 5.75 Å². The zero-order chi connectivity index (χ0) is 14.4. The van der Waals surface area contributed by atoms with E-state index in [1.54, 1.807) is 24.3 Å². The first kappa shape index (κ1) is 14.8. The van der Waals surface area contributed by atoms with Crippen molar-refractivity contribution in [3.63, 3.8) is 0 Å². The van der Waals surface area contributed by atoms with E-state index in [1.807, 2.05) is 0 Å². The van der Waals surface area contributed by atoms with E-state index >= 15 is 0 Å². The Labute approximate surface area is 119 Å². The van der Waals surface area contributed by atoms with Crippen molar-refractivity contribution < 1.29 is 14.6 Å². The second kappa shape index (κ2) is 7.25. The predicted octanol–water partition coefficient (Wildman–Crippen LogP) is 1.02. The molecule has 1 N–H and O–H groups in total. The van der Waals surface area contributed by atoms with Gasteiger partial charge in [0.15, 0.2) is 0 Å². The molecule has 5 nitrogen and oxygen atoms in total. The number of hydrogen-bond acceptors (Lipinski definition) is 5. The van der Waals surface area contributed by atoms with Crippen LogP contribution in [0.1, 0.15) is 12.5 Å². The third-order valence-electron chi connectivity index (χ3n) is 3.36. The van der Waals surface area contributed by atoms with Crippen LogP contribution in [0.2, 0.25) is 0 Å². The molecule has 1 heterocycles. The molecule has 0 aliphatic carbocycles. The molecule has 20 heavy (non-hydrogen) atoms. The van der Waals surface area contributed by atoms with Gasteiger partial charge < -0.3 is 14.6 Å². The van der Waals surface area contributed by atoms with E-state index in [-0.39, 0.29) is 6.61 Å². The summed E-state index contributed by atoms with van der Waals surface area (Å²) in [6.45, 7) is 5.13. The van der Waals surface area contributed by atoms with Crippen molar-refractivity contribution in [1.29, 1.82) is 5.26 Å². The smallest absolute Gasteiger partial charge is 0.120 e. The number of β-amino-alcohol motifs (C(OH)–C–C–N with tert-alkyl or cyclic N) is 1. The molecule has 5 heteroatoms. The van der Waals surface area contributed by atoms with Gasteiger partial charge in [0.05, 0.1) is 24.8 Å². The van der Waals surface area contributed by atoms with Gasteiger partial charge in [0.25, 0.3) is 0 Å². The monoisotopic (exact) mass is 276 g/mol. The molecule has 1 aliphatic heterocycles. The Morgan fingerprint density at radius 3 is 3.20 bits per heavy atom. The lowest BCUT2D eigenvalue weighted by molar-refractivity contribution is -0.0265. The summed E-state index contributed by atoms with van der Waals surface area (Å²) in [6.07, 6.45) is -0.554. The van der Waals surface area contributed by atoms with E-state index in [2.05, 4.69) is 17.9 Å². The summed E-state index contributed by atoms with van der Waals surface area (Å²) in [6, 6.07) is 9.32. The molecule has 108 valence electrons. The molecule has 1 aromatic carbocycles. The van der Waals surface area contributed by atoms with E-state index in [9.17, 15) is 5.11 Å². The van der Waals surface area contributed by atoms with Gasteiger partial charge in [0.2, 0.25) is 0 Å². The first-order valence-corrected chi connectivity index (χ1v) is 6.82. The van der Waals surface area contributed by atoms with Crippen LogP contribution in [0.4, 0.5) is 0 Å². The third-order valence-corrected chi connectivity index (χ3v) is 3.36. The summed E-state index contributed by atoms with van der Waals surface area (Å²) in [4.78, 5) is 2.20. The van der Waals surface area contributed by atoms with E-state index in [0.29, 0.717) is 37.1 Å². The van der Waals surface area contributed by atoms with Crippen LogP contribution in [0, 0.1) is 11.3 Å². The van der Waals surface area contributed by atoms with E-state index in [0.717, 1.165) is 6.54 Å². The number of nitrogens with zero attached hydrogens (tertiary/aromatic N) is 2. The lowest BCUT2D eigenvalue weighted by Crippen LogP contribution is -2.47. The normalized spacial score (nSPS) is 21.1. The van der Waals surface area contributed by atoms with Gasteiger partial charge in [-0.25, -0.2) is 0 Å². The lowest BCUT2D eigenvalue weighted by atomic mass is 10.2. The number of morpholine rings is 1. The van der Waals surface area contributed by atoms with Gasteiger partial charge in [0, 0.05) is 19.1 Å². The van der Waals surface area contributed by atoms with Gasteiger partial charge in [-0.3, -0.25) is 4.90 Å². The van der Waals surface area contributed by atoms with Crippen LogP contribution in [0.15, 0.2) is 24.3 Å². The number of ether oxygens (including phenoxy) is 2. The Bertz CT molecular complexity index is 472. The summed E-state index contributed by atoms with van der Waals surface area (Å²) < 4.78 is 10.9. The standard InChI is InChI=1S/C15H20N2O3/c1-12-10-19-6-5-17(12)9-14(18)11-20-15-4-2-3-13(7-15)8-16/h2-4,7,12,14,18H,5-6,9-11H2,1H3. The zero-order valence-corrected chi connectivity index (χ0v) is 11.7. The van der Waals surface area contributed by atoms with Gasteiger partial charge in [-0.2, -0.15) is 5.26 Å². The molecule has 2 atom stereocenters. The van der Waals surface area contributed by atoms with Gasteiger partial charge in [-0.05, 0) is 25.1 Å². The van der Waals surface area contributed by atoms with Crippen molar-refractivity contribution in [2.75, 3.05) is 32.9 Å². The zero-order valence-electron chi connectivity index (χ0n) is 11.7. The molecule has 2 unspecified atom stereocenters. The lowest BCUT2D eigenvalue weighted by Gasteiger charge is -2.34. The molecule has 0 amide bonds. The van der Waals surface area contributed by atoms with Crippen LogP contribution in [0.25, 0.3) is 0 Å². The molecule has 1 saturated heterocycles. The molecule has 0 saturated carbocycles. The highest BCUT2D eigenvalue weighted by Gasteiger charge is 2.21. The van der Waals surface area contributed by atoms with E-state index in [1.165, 1.54) is 0 Å². The Kier molecular flexibility index (Phi) is 5.36. The highest BCUT2D eigenvalue weighted by molar-refractivity contribution is 5.36. The van der Waals surface area contributed by atoms with Gasteiger partial charge >= 0.3 is 0 Å². The maximum atomic E-state index is 10.0. The summed E-state index contributed by atoms with van der Waals surface area (Å²) >= 11 is 0. The number of hydrogen-bond donors (Lipinski definition) is 1. The number of rotatable bonds is 5. The van der Waals surface area contributed by atoms with Crippen molar-refractivity contribution in [2.24, 2.45) is 0 Å². The molecule has 2 rings (SSSR count). The molecule has 1 aliphatic rings. The van der Waals surface area contributed by atoms with E-state index < -0.39 is 6.10 Å². The Morgan fingerprint density at radius 2 is 2.45 bits per heavy atom. The Morgan fingerprint density at radius 1 is 1.60 bits per heavy atom. The molecule has 0 aromatic heterocycles. The number of benzene rings is 1. The van der Waals surface area contributed by atoms with Crippen LogP contribution in [-0.4, -0.2) is 55.1 Å². The summed E-state index contributed by atoms with van der Waals surface area (Å²) in [7, 11) is 0. The molecule has 0 radical (unpaired) electrons. The molecule has 1 fully saturated rings. The van der Waals surface area contributed by atoms with Crippen molar-refractivity contribution in [3.8, 4) is 11.8 Å². The van der Waals surface area contributed by atoms with Crippen molar-refractivity contribution in [2.45, 2.75) is 19.1 Å². The fourth-order valence-corrected chi connectivity index (χ4v) is 2.20. The molecule has 1 aromatic rings. The van der Waals surface area contributed by atoms with E-state index in [4.69, 9.17) is 14.7 Å². The van der Waals surface area contributed by atoms with Crippen LogP contribution in [0.3, 0.4) is 0 Å². The molecular formula is C15H20N2O3. The predicted molar refractivity (Wildman–Crippen MR) is 74.5 cm³/mol. The molecular weight excluding hydrogens is 256 g/mol. The van der Waals surface area contributed by atoms with Crippen LogP contribution >= 0.6 is 0 Å². The maximum Gasteiger partial charge on any atom is 0.120 e. The molecule has 0 spiro atoms. The third kappa shape index (κ3) is 4.20. The van der Waals surface area contributed by atoms with Crippen LogP contribution < -0.4 is 4.74 Å². The first-order valence-electron chi connectivity index (χ1n) is 6.82. The fraction of sp³-hybridized carbons (Fsp3) is 0.533. The average Bonchev–Trinajstić information content (AvgIpc) is 2.48. The number of aliphatic hydroxyl groups is 1. The average molecular weight is 276 g/mol. The second-order valence-corrected chi connectivity index (χ2v) is 5.02. The Hall–Kier alpha value is -1.61. The summed E-state index contributed by atoms with van der Waals surface area (Å²) in [5.41, 5.74) is 0.554. The first-order chi connectivity index (χ1) is 9.69. The highest BCUT2D eigenvalue weighted by atomic mass is 16.5. The van der Waals surface area contributed by atoms with Crippen LogP contribution in [-0.2, 0) is 4.74 Å². The highest BCUT2D eigenvalue weighted by Crippen LogP contribution is 2.13. The van der Waals surface area contributed by atoms with Crippen molar-refractivity contribution >= 4 is 0 Å². The molecule has 0 bridgehead atoms. The summed E-state index contributed by atoms with van der Waals surface area (Å²) in [5, 5.41) is 18.8. The van der Waals surface area contributed by atoms with Gasteiger partial charge in [0.1, 0.15) is 18.5 Å². The number of nitriles is 1. The fourth-order valence-electron chi connectivity index (χ4n) is 2.20. The van der Waals surface area contributed by atoms with Gasteiger partial charge in [-0.1, -0.05) is 6.07 Å². The minimum absolute atomic E-state index is 0.221. The minimum Gasteiger partial charge on any atom is -0.491 e. The Balaban J connectivity index is 1.79. The maximum absolute atomic E-state index is 10.0. The second-order valence-electron chi connectivity index (χ2n) is 5.02. The minimum atomic E-state index is -0.554. The summed E-state index contributed by atoms with van der Waals surface area (Å²) in [5.74, 6) is 0.609. The topological polar surface area (TPSA) is 65.7 Å². The quantitative estimate of drug-likeness (QED) is 0.869. The number of aliphatic hydroxyl groups excluding tert-OH is 1. The SMILES string of the molecule is CC1COCCN1CC(O)COc1cccc(C#N)c1. The van der Waals surface area contributed by atoms with Crippen molar-refractivity contribution in [3.05, 3.63) is 29.8 Å². The van der Waals surface area contributed by atoms with Gasteiger partial charge in [-0.15, -0.1) is 0 Å².